The SMILES string of the molecule is Cc1ccc(C)c(-c2cc3c(=O)n(Cc4nc(-c5ccccc5Cl)no4)ncn3n2)c1. The minimum atomic E-state index is -0.302. The zero-order valence-corrected chi connectivity index (χ0v) is 17.5. The summed E-state index contributed by atoms with van der Waals surface area (Å²) in [7, 11) is 0. The molecular formula is C22H17ClN6O2. The third-order valence-corrected chi connectivity index (χ3v) is 5.36. The summed E-state index contributed by atoms with van der Waals surface area (Å²) in [4.78, 5) is 17.3. The molecule has 3 heterocycles. The lowest BCUT2D eigenvalue weighted by Crippen LogP contribution is -2.25. The Balaban J connectivity index is 1.49. The number of aromatic nitrogens is 6. The van der Waals surface area contributed by atoms with E-state index >= 15 is 0 Å². The van der Waals surface area contributed by atoms with E-state index in [1.807, 2.05) is 38.1 Å². The van der Waals surface area contributed by atoms with E-state index in [-0.39, 0.29) is 18.0 Å². The van der Waals surface area contributed by atoms with Gasteiger partial charge in [0, 0.05) is 11.1 Å². The molecule has 2 aromatic carbocycles. The molecule has 5 aromatic rings. The zero-order chi connectivity index (χ0) is 21.5. The van der Waals surface area contributed by atoms with Gasteiger partial charge in [-0.3, -0.25) is 4.79 Å². The Bertz CT molecular complexity index is 1480. The molecule has 0 amide bonds. The topological polar surface area (TPSA) is 91.1 Å². The Labute approximate surface area is 181 Å². The van der Waals surface area contributed by atoms with E-state index in [0.717, 1.165) is 22.4 Å². The van der Waals surface area contributed by atoms with E-state index in [0.29, 0.717) is 21.9 Å². The first-order chi connectivity index (χ1) is 15.0. The highest BCUT2D eigenvalue weighted by atomic mass is 35.5. The summed E-state index contributed by atoms with van der Waals surface area (Å²) >= 11 is 6.19. The van der Waals surface area contributed by atoms with E-state index in [1.165, 1.54) is 15.5 Å². The summed E-state index contributed by atoms with van der Waals surface area (Å²) < 4.78 is 8.06. The number of benzene rings is 2. The number of fused-ring (bicyclic) bond motifs is 1. The molecule has 0 saturated carbocycles. The first kappa shape index (κ1) is 19.2. The van der Waals surface area contributed by atoms with Gasteiger partial charge in [-0.2, -0.15) is 15.2 Å². The number of rotatable bonds is 4. The second-order valence-electron chi connectivity index (χ2n) is 7.26. The average molecular weight is 433 g/mol. The van der Waals surface area contributed by atoms with E-state index in [4.69, 9.17) is 16.1 Å². The van der Waals surface area contributed by atoms with Crippen LogP contribution in [0.1, 0.15) is 17.0 Å². The van der Waals surface area contributed by atoms with Crippen LogP contribution in [0.4, 0.5) is 0 Å². The van der Waals surface area contributed by atoms with Gasteiger partial charge in [0.2, 0.25) is 11.7 Å². The summed E-state index contributed by atoms with van der Waals surface area (Å²) in [6.07, 6.45) is 1.50. The number of halogens is 1. The normalized spacial score (nSPS) is 11.3. The van der Waals surface area contributed by atoms with Gasteiger partial charge in [0.05, 0.1) is 10.7 Å². The largest absolute Gasteiger partial charge is 0.337 e. The van der Waals surface area contributed by atoms with Gasteiger partial charge in [0.25, 0.3) is 5.56 Å². The molecule has 154 valence electrons. The lowest BCUT2D eigenvalue weighted by molar-refractivity contribution is 0.362. The first-order valence-corrected chi connectivity index (χ1v) is 9.98. The van der Waals surface area contributed by atoms with Gasteiger partial charge in [-0.1, -0.05) is 46.6 Å². The fourth-order valence-electron chi connectivity index (χ4n) is 3.39. The summed E-state index contributed by atoms with van der Waals surface area (Å²) in [6, 6.07) is 15.1. The van der Waals surface area contributed by atoms with Gasteiger partial charge in [0.15, 0.2) is 0 Å². The van der Waals surface area contributed by atoms with Crippen molar-refractivity contribution in [2.24, 2.45) is 0 Å². The van der Waals surface area contributed by atoms with Crippen molar-refractivity contribution >= 4 is 17.1 Å². The number of hydrogen-bond donors (Lipinski definition) is 0. The van der Waals surface area contributed by atoms with Crippen molar-refractivity contribution in [1.29, 1.82) is 0 Å². The van der Waals surface area contributed by atoms with E-state index in [2.05, 4.69) is 26.4 Å². The van der Waals surface area contributed by atoms with E-state index < -0.39 is 0 Å². The van der Waals surface area contributed by atoms with E-state index in [1.54, 1.807) is 18.2 Å². The van der Waals surface area contributed by atoms with Gasteiger partial charge >= 0.3 is 0 Å². The van der Waals surface area contributed by atoms with Gasteiger partial charge in [-0.25, -0.2) is 9.20 Å². The molecule has 0 fully saturated rings. The van der Waals surface area contributed by atoms with Crippen molar-refractivity contribution in [2.45, 2.75) is 20.4 Å². The molecule has 0 spiro atoms. The van der Waals surface area contributed by atoms with Gasteiger partial charge in [0.1, 0.15) is 18.4 Å². The molecule has 0 bridgehead atoms. The molecule has 0 unspecified atom stereocenters. The van der Waals surface area contributed by atoms with Crippen LogP contribution in [-0.2, 0) is 6.54 Å². The Morgan fingerprint density at radius 1 is 1.06 bits per heavy atom. The highest BCUT2D eigenvalue weighted by Crippen LogP contribution is 2.25. The average Bonchev–Trinajstić information content (AvgIpc) is 3.40. The number of aryl methyl sites for hydroxylation is 2. The summed E-state index contributed by atoms with van der Waals surface area (Å²) in [5.74, 6) is 0.611. The minimum absolute atomic E-state index is 0.0385. The maximum absolute atomic E-state index is 13.0. The summed E-state index contributed by atoms with van der Waals surface area (Å²) in [5, 5.41) is 13.2. The predicted molar refractivity (Wildman–Crippen MR) is 116 cm³/mol. The lowest BCUT2D eigenvalue weighted by atomic mass is 10.0. The third-order valence-electron chi connectivity index (χ3n) is 5.03. The van der Waals surface area contributed by atoms with Gasteiger partial charge in [-0.15, -0.1) is 0 Å². The van der Waals surface area contributed by atoms with Crippen LogP contribution in [0.25, 0.3) is 28.2 Å². The molecule has 9 heteroatoms. The molecular weight excluding hydrogens is 416 g/mol. The standard InChI is InChI=1S/C22H17ClN6O2/c1-13-7-8-14(2)16(9-13)18-10-19-22(30)28(24-12-29(19)26-18)11-20-25-21(27-31-20)15-5-3-4-6-17(15)23/h3-10,12H,11H2,1-2H3. The number of nitrogens with zero attached hydrogens (tertiary/aromatic N) is 6. The van der Waals surface area contributed by atoms with Crippen LogP contribution >= 0.6 is 11.6 Å². The van der Waals surface area contributed by atoms with Crippen LogP contribution in [-0.4, -0.2) is 29.5 Å². The fraction of sp³-hybridized carbons (Fsp3) is 0.136. The Hall–Kier alpha value is -3.78. The molecule has 5 rings (SSSR count). The van der Waals surface area contributed by atoms with Crippen molar-refractivity contribution in [3.05, 3.63) is 87.3 Å². The predicted octanol–water partition coefficient (Wildman–Crippen LogP) is 3.93. The monoisotopic (exact) mass is 432 g/mol. The van der Waals surface area contributed by atoms with Crippen molar-refractivity contribution in [1.82, 2.24) is 29.5 Å². The highest BCUT2D eigenvalue weighted by molar-refractivity contribution is 6.33. The second-order valence-corrected chi connectivity index (χ2v) is 7.67. The summed E-state index contributed by atoms with van der Waals surface area (Å²) in [6.45, 7) is 4.08. The lowest BCUT2D eigenvalue weighted by Gasteiger charge is -2.03. The van der Waals surface area contributed by atoms with Crippen LogP contribution in [0.5, 0.6) is 0 Å². The van der Waals surface area contributed by atoms with Crippen molar-refractivity contribution in [3.63, 3.8) is 0 Å². The molecule has 0 radical (unpaired) electrons. The molecule has 0 aliphatic rings. The zero-order valence-electron chi connectivity index (χ0n) is 16.8. The molecule has 8 nitrogen and oxygen atoms in total. The quantitative estimate of drug-likeness (QED) is 0.427. The molecule has 3 aromatic heterocycles. The van der Waals surface area contributed by atoms with Crippen LogP contribution in [0.15, 0.2) is 64.2 Å². The van der Waals surface area contributed by atoms with Crippen molar-refractivity contribution < 1.29 is 4.52 Å². The molecule has 0 N–H and O–H groups in total. The Morgan fingerprint density at radius 2 is 1.90 bits per heavy atom. The van der Waals surface area contributed by atoms with Crippen molar-refractivity contribution in [3.8, 4) is 22.6 Å². The first-order valence-electron chi connectivity index (χ1n) is 9.60. The van der Waals surface area contributed by atoms with Gasteiger partial charge < -0.3 is 4.52 Å². The smallest absolute Gasteiger partial charge is 0.293 e. The fourth-order valence-corrected chi connectivity index (χ4v) is 3.61. The highest BCUT2D eigenvalue weighted by Gasteiger charge is 2.15. The van der Waals surface area contributed by atoms with Gasteiger partial charge in [-0.05, 0) is 43.7 Å². The molecule has 31 heavy (non-hydrogen) atoms. The maximum Gasteiger partial charge on any atom is 0.293 e. The maximum atomic E-state index is 13.0. The third kappa shape index (κ3) is 3.51. The van der Waals surface area contributed by atoms with Crippen molar-refractivity contribution in [2.75, 3.05) is 0 Å². The molecule has 0 aliphatic heterocycles. The van der Waals surface area contributed by atoms with Crippen LogP contribution in [0.2, 0.25) is 5.02 Å². The Morgan fingerprint density at radius 3 is 2.74 bits per heavy atom. The van der Waals surface area contributed by atoms with Crippen LogP contribution in [0, 0.1) is 13.8 Å². The summed E-state index contributed by atoms with van der Waals surface area (Å²) in [5.41, 5.74) is 4.68. The molecule has 0 aliphatic carbocycles. The molecule has 0 saturated heterocycles. The Kier molecular flexibility index (Phi) is 4.63. The van der Waals surface area contributed by atoms with E-state index in [9.17, 15) is 4.79 Å². The second kappa shape index (κ2) is 7.48. The molecule has 0 atom stereocenters. The number of hydrogen-bond acceptors (Lipinski definition) is 6. The van der Waals surface area contributed by atoms with Crippen LogP contribution < -0.4 is 5.56 Å². The van der Waals surface area contributed by atoms with Crippen LogP contribution in [0.3, 0.4) is 0 Å². The minimum Gasteiger partial charge on any atom is -0.337 e.